The molecule has 1 aromatic rings. The molecule has 234 valence electrons. The zero-order chi connectivity index (χ0) is 30.3. The lowest BCUT2D eigenvalue weighted by atomic mass is 9.89. The average Bonchev–Trinajstić information content (AvgIpc) is 3.39. The number of fused-ring (bicyclic) bond motifs is 2. The summed E-state index contributed by atoms with van der Waals surface area (Å²) < 4.78 is 33.5. The van der Waals surface area contributed by atoms with E-state index in [9.17, 15) is 14.4 Å². The Labute approximate surface area is 248 Å². The number of nitrogens with zero attached hydrogens (tertiary/aromatic N) is 1. The van der Waals surface area contributed by atoms with Crippen molar-refractivity contribution in [2.75, 3.05) is 20.8 Å². The summed E-state index contributed by atoms with van der Waals surface area (Å²) in [5.74, 6) is 0.0697. The summed E-state index contributed by atoms with van der Waals surface area (Å²) in [5, 5.41) is 2.53. The minimum absolute atomic E-state index is 0.0116. The lowest BCUT2D eigenvalue weighted by molar-refractivity contribution is -0.168. The first-order valence-electron chi connectivity index (χ1n) is 15.0. The van der Waals surface area contributed by atoms with Crippen LogP contribution in [0.3, 0.4) is 0 Å². The van der Waals surface area contributed by atoms with Crippen molar-refractivity contribution in [2.45, 2.75) is 109 Å². The minimum atomic E-state index is -0.513. The second-order valence-electron chi connectivity index (χ2n) is 11.1. The Morgan fingerprint density at radius 2 is 1.90 bits per heavy atom. The predicted molar refractivity (Wildman–Crippen MR) is 154 cm³/mol. The molecular formula is C31H46N2O9. The van der Waals surface area contributed by atoms with Crippen molar-refractivity contribution in [1.82, 2.24) is 10.3 Å². The van der Waals surface area contributed by atoms with E-state index in [0.717, 1.165) is 31.4 Å². The molecule has 2 saturated heterocycles. The molecule has 6 atom stereocenters. The third-order valence-corrected chi connectivity index (χ3v) is 7.41. The van der Waals surface area contributed by atoms with Gasteiger partial charge < -0.3 is 33.4 Å². The summed E-state index contributed by atoms with van der Waals surface area (Å²) in [4.78, 5) is 40.8. The number of rotatable bonds is 11. The molecule has 2 fully saturated rings. The summed E-state index contributed by atoms with van der Waals surface area (Å²) in [6.07, 6.45) is 13.1. The SMILES string of the molecule is CCCC1CC(OC)CC(C)C[C@@H]2C[C@@H](OC(=O)C=CCCc3coc(C=CCNC(=O)OC)n3)C[C@H](CC(=O)O1)O2. The maximum Gasteiger partial charge on any atom is 0.407 e. The summed E-state index contributed by atoms with van der Waals surface area (Å²) in [6, 6.07) is 0. The Morgan fingerprint density at radius 3 is 2.67 bits per heavy atom. The molecule has 2 aliphatic heterocycles. The number of ether oxygens (including phenoxy) is 5. The van der Waals surface area contributed by atoms with Gasteiger partial charge in [0.25, 0.3) is 0 Å². The van der Waals surface area contributed by atoms with E-state index >= 15 is 0 Å². The number of carbonyl (C=O) groups excluding carboxylic acids is 3. The molecule has 11 heteroatoms. The highest BCUT2D eigenvalue weighted by Gasteiger charge is 2.35. The lowest BCUT2D eigenvalue weighted by Crippen LogP contribution is -2.41. The molecule has 3 unspecified atom stereocenters. The van der Waals surface area contributed by atoms with Crippen LogP contribution in [-0.4, -0.2) is 74.3 Å². The van der Waals surface area contributed by atoms with Gasteiger partial charge in [0.05, 0.1) is 37.5 Å². The molecule has 1 amide bonds. The first kappa shape index (κ1) is 33.3. The van der Waals surface area contributed by atoms with Crippen LogP contribution in [0.5, 0.6) is 0 Å². The maximum atomic E-state index is 12.8. The van der Waals surface area contributed by atoms with Gasteiger partial charge in [0.1, 0.15) is 18.5 Å². The number of carbonyl (C=O) groups is 3. The lowest BCUT2D eigenvalue weighted by Gasteiger charge is -2.37. The summed E-state index contributed by atoms with van der Waals surface area (Å²) in [5.41, 5.74) is 0.745. The molecule has 42 heavy (non-hydrogen) atoms. The number of allylic oxidation sites excluding steroid dienone is 1. The van der Waals surface area contributed by atoms with Crippen LogP contribution in [0.4, 0.5) is 4.79 Å². The second-order valence-corrected chi connectivity index (χ2v) is 11.1. The van der Waals surface area contributed by atoms with Crippen LogP contribution in [0, 0.1) is 5.92 Å². The number of aryl methyl sites for hydroxylation is 1. The molecule has 0 spiro atoms. The van der Waals surface area contributed by atoms with E-state index < -0.39 is 12.1 Å². The number of oxazole rings is 1. The summed E-state index contributed by atoms with van der Waals surface area (Å²) in [7, 11) is 3.01. The third kappa shape index (κ3) is 12.0. The van der Waals surface area contributed by atoms with Gasteiger partial charge in [0.2, 0.25) is 5.89 Å². The Balaban J connectivity index is 1.49. The van der Waals surface area contributed by atoms with Gasteiger partial charge in [-0.1, -0.05) is 32.4 Å². The number of amides is 1. The largest absolute Gasteiger partial charge is 0.462 e. The van der Waals surface area contributed by atoms with Gasteiger partial charge in [-0.3, -0.25) is 4.79 Å². The van der Waals surface area contributed by atoms with Crippen LogP contribution in [0.25, 0.3) is 6.08 Å². The highest BCUT2D eigenvalue weighted by atomic mass is 16.6. The van der Waals surface area contributed by atoms with Gasteiger partial charge in [0.15, 0.2) is 0 Å². The van der Waals surface area contributed by atoms with Crippen LogP contribution in [-0.2, 0) is 39.7 Å². The zero-order valence-corrected chi connectivity index (χ0v) is 25.3. The number of esters is 2. The van der Waals surface area contributed by atoms with Crippen LogP contribution >= 0.6 is 0 Å². The first-order valence-corrected chi connectivity index (χ1v) is 15.0. The predicted octanol–water partition coefficient (Wildman–Crippen LogP) is 4.93. The van der Waals surface area contributed by atoms with E-state index in [1.807, 2.05) is 0 Å². The highest BCUT2D eigenvalue weighted by Crippen LogP contribution is 2.31. The second kappa shape index (κ2) is 17.7. The van der Waals surface area contributed by atoms with Crippen molar-refractivity contribution in [3.63, 3.8) is 0 Å². The summed E-state index contributed by atoms with van der Waals surface area (Å²) in [6.45, 7) is 4.56. The van der Waals surface area contributed by atoms with E-state index in [1.165, 1.54) is 13.2 Å². The fraction of sp³-hybridized carbons (Fsp3) is 0.677. The van der Waals surface area contributed by atoms with E-state index in [0.29, 0.717) is 50.5 Å². The number of alkyl carbamates (subject to hydrolysis) is 1. The molecule has 2 aliphatic rings. The fourth-order valence-corrected chi connectivity index (χ4v) is 5.49. The zero-order valence-electron chi connectivity index (χ0n) is 25.3. The van der Waals surface area contributed by atoms with Crippen molar-refractivity contribution >= 4 is 24.1 Å². The van der Waals surface area contributed by atoms with Crippen LogP contribution < -0.4 is 5.32 Å². The van der Waals surface area contributed by atoms with Crippen molar-refractivity contribution in [3.8, 4) is 0 Å². The molecule has 3 rings (SSSR count). The highest BCUT2D eigenvalue weighted by molar-refractivity contribution is 5.82. The Bertz CT molecular complexity index is 1050. The molecule has 0 saturated carbocycles. The van der Waals surface area contributed by atoms with Crippen LogP contribution in [0.15, 0.2) is 28.9 Å². The smallest absolute Gasteiger partial charge is 0.407 e. The number of methoxy groups -OCH3 is 2. The maximum absolute atomic E-state index is 12.8. The van der Waals surface area contributed by atoms with Crippen LogP contribution in [0.1, 0.15) is 83.2 Å². The monoisotopic (exact) mass is 590 g/mol. The average molecular weight is 591 g/mol. The quantitative estimate of drug-likeness (QED) is 0.215. The first-order chi connectivity index (χ1) is 20.3. The van der Waals surface area contributed by atoms with E-state index in [4.69, 9.17) is 23.4 Å². The Morgan fingerprint density at radius 1 is 1.10 bits per heavy atom. The minimum Gasteiger partial charge on any atom is -0.462 e. The van der Waals surface area contributed by atoms with Gasteiger partial charge in [-0.2, -0.15) is 0 Å². The van der Waals surface area contributed by atoms with Gasteiger partial charge in [0, 0.05) is 39.0 Å². The third-order valence-electron chi connectivity index (χ3n) is 7.41. The standard InChI is InChI=1S/C31H46N2O9/c1-5-9-23-16-24(37-3)14-21(2)15-25-17-26(18-27(40-25)19-30(35)41-23)42-29(34)12-7-6-10-22-20-39-28(33-22)11-8-13-32-31(36)38-4/h7-8,11-12,20-21,23-27H,5-6,9-10,13-19H2,1-4H3,(H,32,36)/t21?,23?,24?,25-,26-,27-/m1/s1. The number of aromatic nitrogens is 1. The number of hydrogen-bond donors (Lipinski definition) is 1. The van der Waals surface area contributed by atoms with Crippen molar-refractivity contribution < 1.29 is 42.5 Å². The van der Waals surface area contributed by atoms with Crippen LogP contribution in [0.2, 0.25) is 0 Å². The molecular weight excluding hydrogens is 544 g/mol. The van der Waals surface area contributed by atoms with Crippen molar-refractivity contribution in [3.05, 3.63) is 36.1 Å². The molecule has 3 heterocycles. The van der Waals surface area contributed by atoms with E-state index in [1.54, 1.807) is 31.6 Å². The van der Waals surface area contributed by atoms with Crippen molar-refractivity contribution in [2.24, 2.45) is 5.92 Å². The number of cyclic esters (lactones) is 1. The number of hydrogen-bond acceptors (Lipinski definition) is 10. The van der Waals surface area contributed by atoms with Gasteiger partial charge in [-0.15, -0.1) is 0 Å². The summed E-state index contributed by atoms with van der Waals surface area (Å²) >= 11 is 0. The normalized spacial score (nSPS) is 27.2. The Hall–Kier alpha value is -3.18. The van der Waals surface area contributed by atoms with Gasteiger partial charge in [-0.25, -0.2) is 14.6 Å². The van der Waals surface area contributed by atoms with Gasteiger partial charge >= 0.3 is 18.0 Å². The Kier molecular flexibility index (Phi) is 14.0. The number of nitrogens with one attached hydrogen (secondary N) is 1. The fourth-order valence-electron chi connectivity index (χ4n) is 5.49. The molecule has 0 aromatic carbocycles. The van der Waals surface area contributed by atoms with Gasteiger partial charge in [-0.05, 0) is 44.1 Å². The molecule has 2 bridgehead atoms. The molecule has 1 aromatic heterocycles. The topological polar surface area (TPSA) is 135 Å². The van der Waals surface area contributed by atoms with Crippen molar-refractivity contribution in [1.29, 1.82) is 0 Å². The molecule has 1 N–H and O–H groups in total. The van der Waals surface area contributed by atoms with E-state index in [2.05, 4.69) is 28.9 Å². The van der Waals surface area contributed by atoms with E-state index in [-0.39, 0.29) is 42.9 Å². The molecule has 11 nitrogen and oxygen atoms in total. The molecule has 0 aliphatic carbocycles. The molecule has 0 radical (unpaired) electrons.